The molecule has 0 aliphatic carbocycles. The van der Waals surface area contributed by atoms with E-state index in [9.17, 15) is 9.59 Å². The number of nitrogens with zero attached hydrogens (tertiary/aromatic N) is 3. The number of fused-ring (bicyclic) bond motifs is 1. The summed E-state index contributed by atoms with van der Waals surface area (Å²) in [7, 11) is 0. The number of nitrogens with one attached hydrogen (secondary N) is 1. The van der Waals surface area contributed by atoms with Crippen LogP contribution in [0.4, 0.5) is 17.3 Å². The van der Waals surface area contributed by atoms with Gasteiger partial charge in [0.15, 0.2) is 0 Å². The van der Waals surface area contributed by atoms with Crippen LogP contribution in [0.15, 0.2) is 35.8 Å². The molecule has 5 N–H and O–H groups in total. The Morgan fingerprint density at radius 2 is 2.19 bits per heavy atom. The number of hydrazine groups is 1. The van der Waals surface area contributed by atoms with Gasteiger partial charge in [-0.1, -0.05) is 0 Å². The van der Waals surface area contributed by atoms with Gasteiger partial charge in [-0.25, -0.2) is 15.8 Å². The third kappa shape index (κ3) is 3.63. The van der Waals surface area contributed by atoms with E-state index in [2.05, 4.69) is 15.3 Å². The van der Waals surface area contributed by atoms with Crippen LogP contribution in [0.1, 0.15) is 23.7 Å². The number of aromatic nitrogens is 2. The fourth-order valence-corrected chi connectivity index (χ4v) is 3.15. The van der Waals surface area contributed by atoms with E-state index in [0.29, 0.717) is 11.6 Å². The second-order valence-corrected chi connectivity index (χ2v) is 6.63. The fourth-order valence-electron chi connectivity index (χ4n) is 2.43. The number of rotatable bonds is 7. The number of pyridine rings is 1. The molecular formula is C17H18N6O2S. The van der Waals surface area contributed by atoms with Gasteiger partial charge in [-0.2, -0.15) is 0 Å². The van der Waals surface area contributed by atoms with Crippen LogP contribution in [0.2, 0.25) is 0 Å². The lowest BCUT2D eigenvalue weighted by molar-refractivity contribution is -0.108. The van der Waals surface area contributed by atoms with Crippen molar-refractivity contribution < 1.29 is 9.59 Å². The van der Waals surface area contributed by atoms with Crippen LogP contribution in [0.5, 0.6) is 0 Å². The van der Waals surface area contributed by atoms with E-state index in [-0.39, 0.29) is 18.0 Å². The van der Waals surface area contributed by atoms with Crippen LogP contribution < -0.4 is 21.9 Å². The molecule has 0 bridgehead atoms. The van der Waals surface area contributed by atoms with E-state index in [1.165, 1.54) is 16.3 Å². The molecule has 8 nitrogen and oxygen atoms in total. The average molecular weight is 370 g/mol. The molecule has 0 radical (unpaired) electrons. The number of aldehydes is 1. The molecule has 2 heterocycles. The van der Waals surface area contributed by atoms with Crippen molar-refractivity contribution in [3.8, 4) is 0 Å². The topological polar surface area (TPSA) is 127 Å². The number of anilines is 3. The first-order chi connectivity index (χ1) is 12.5. The molecule has 3 aromatic rings. The number of carbonyl (C=O) groups is 2. The monoisotopic (exact) mass is 370 g/mol. The predicted octanol–water partition coefficient (Wildman–Crippen LogP) is 2.19. The zero-order chi connectivity index (χ0) is 18.7. The Kier molecular flexibility index (Phi) is 5.10. The van der Waals surface area contributed by atoms with Gasteiger partial charge in [-0.15, -0.1) is 11.3 Å². The summed E-state index contributed by atoms with van der Waals surface area (Å²) in [5, 5.41) is 4.50. The molecule has 134 valence electrons. The highest BCUT2D eigenvalue weighted by atomic mass is 32.1. The lowest BCUT2D eigenvalue weighted by Gasteiger charge is -2.24. The molecule has 2 aromatic heterocycles. The molecule has 0 unspecified atom stereocenters. The maximum Gasteiger partial charge on any atom is 0.252 e. The standard InChI is InChI=1S/C17H18N6O2S/c1-10(6-7-24)23(19)15-5-3-12(16(18)25)17(22-15)21-11-2-4-13-14(8-11)26-9-20-13/h2-5,7-10H,6,19H2,1H3,(H2,18,25)(H,21,22)/t10-/m1/s1. The Balaban J connectivity index is 1.95. The van der Waals surface area contributed by atoms with E-state index in [4.69, 9.17) is 11.6 Å². The van der Waals surface area contributed by atoms with E-state index < -0.39 is 5.91 Å². The lowest BCUT2D eigenvalue weighted by Crippen LogP contribution is -2.40. The number of benzene rings is 1. The molecule has 0 aliphatic heterocycles. The Bertz CT molecular complexity index is 957. The quantitative estimate of drug-likeness (QED) is 0.330. The molecule has 1 atom stereocenters. The molecule has 1 amide bonds. The zero-order valence-electron chi connectivity index (χ0n) is 14.0. The van der Waals surface area contributed by atoms with Crippen molar-refractivity contribution in [3.63, 3.8) is 0 Å². The zero-order valence-corrected chi connectivity index (χ0v) is 14.9. The number of nitrogens with two attached hydrogens (primary N) is 2. The van der Waals surface area contributed by atoms with E-state index >= 15 is 0 Å². The maximum absolute atomic E-state index is 11.7. The fraction of sp³-hybridized carbons (Fsp3) is 0.176. The molecule has 1 aromatic carbocycles. The summed E-state index contributed by atoms with van der Waals surface area (Å²) < 4.78 is 1.01. The number of primary amides is 1. The van der Waals surface area contributed by atoms with Crippen molar-refractivity contribution in [1.29, 1.82) is 0 Å². The smallest absolute Gasteiger partial charge is 0.252 e. The van der Waals surface area contributed by atoms with Gasteiger partial charge < -0.3 is 15.8 Å². The minimum atomic E-state index is -0.602. The Labute approximate surface area is 153 Å². The highest BCUT2D eigenvalue weighted by Crippen LogP contribution is 2.26. The first-order valence-electron chi connectivity index (χ1n) is 7.88. The number of amides is 1. The molecule has 0 saturated heterocycles. The van der Waals surface area contributed by atoms with Crippen molar-refractivity contribution in [2.24, 2.45) is 11.6 Å². The third-order valence-corrected chi connectivity index (χ3v) is 4.71. The van der Waals surface area contributed by atoms with Crippen molar-refractivity contribution in [2.75, 3.05) is 10.3 Å². The molecule has 9 heteroatoms. The maximum atomic E-state index is 11.7. The van der Waals surface area contributed by atoms with Crippen molar-refractivity contribution in [1.82, 2.24) is 9.97 Å². The highest BCUT2D eigenvalue weighted by molar-refractivity contribution is 7.16. The Morgan fingerprint density at radius 1 is 1.38 bits per heavy atom. The van der Waals surface area contributed by atoms with E-state index in [1.807, 2.05) is 25.1 Å². The summed E-state index contributed by atoms with van der Waals surface area (Å²) in [6.07, 6.45) is 1.06. The third-order valence-electron chi connectivity index (χ3n) is 3.92. The molecule has 0 spiro atoms. The van der Waals surface area contributed by atoms with Gasteiger partial charge in [-0.05, 0) is 37.3 Å². The second-order valence-electron chi connectivity index (χ2n) is 5.75. The predicted molar refractivity (Wildman–Crippen MR) is 102 cm³/mol. The van der Waals surface area contributed by atoms with Gasteiger partial charge in [-0.3, -0.25) is 9.80 Å². The van der Waals surface area contributed by atoms with Gasteiger partial charge in [0.05, 0.1) is 27.3 Å². The average Bonchev–Trinajstić information content (AvgIpc) is 3.08. The van der Waals surface area contributed by atoms with Gasteiger partial charge >= 0.3 is 0 Å². The molecule has 0 aliphatic rings. The number of hydrogen-bond acceptors (Lipinski definition) is 8. The number of hydrogen-bond donors (Lipinski definition) is 3. The summed E-state index contributed by atoms with van der Waals surface area (Å²) in [6, 6.07) is 8.56. The van der Waals surface area contributed by atoms with Gasteiger partial charge in [0.1, 0.15) is 17.9 Å². The summed E-state index contributed by atoms with van der Waals surface area (Å²) >= 11 is 1.52. The van der Waals surface area contributed by atoms with Crippen LogP contribution >= 0.6 is 11.3 Å². The second kappa shape index (κ2) is 7.46. The highest BCUT2D eigenvalue weighted by Gasteiger charge is 2.16. The van der Waals surface area contributed by atoms with Crippen LogP contribution in [0, 0.1) is 0 Å². The van der Waals surface area contributed by atoms with Crippen molar-refractivity contribution >= 4 is 51.1 Å². The lowest BCUT2D eigenvalue weighted by atomic mass is 10.2. The minimum absolute atomic E-state index is 0.235. The molecule has 0 fully saturated rings. The van der Waals surface area contributed by atoms with Crippen molar-refractivity contribution in [3.05, 3.63) is 41.4 Å². The van der Waals surface area contributed by atoms with Crippen LogP contribution in [-0.2, 0) is 4.79 Å². The van der Waals surface area contributed by atoms with E-state index in [0.717, 1.165) is 22.2 Å². The first-order valence-corrected chi connectivity index (χ1v) is 8.76. The molecular weight excluding hydrogens is 352 g/mol. The van der Waals surface area contributed by atoms with E-state index in [1.54, 1.807) is 17.6 Å². The Hall–Kier alpha value is -3.04. The summed E-state index contributed by atoms with van der Waals surface area (Å²) in [6.45, 7) is 1.81. The summed E-state index contributed by atoms with van der Waals surface area (Å²) in [4.78, 5) is 31.1. The molecule has 0 saturated carbocycles. The number of thiazole rings is 1. The number of carbonyl (C=O) groups excluding carboxylic acids is 2. The Morgan fingerprint density at radius 3 is 2.92 bits per heavy atom. The van der Waals surface area contributed by atoms with Gasteiger partial charge in [0.25, 0.3) is 5.91 Å². The van der Waals surface area contributed by atoms with Crippen LogP contribution in [0.25, 0.3) is 10.2 Å². The minimum Gasteiger partial charge on any atom is -0.365 e. The summed E-state index contributed by atoms with van der Waals surface area (Å²) in [5.41, 5.74) is 9.11. The SMILES string of the molecule is C[C@H](CC=O)N(N)c1ccc(C(N)=O)c(Nc2ccc3ncsc3c2)n1. The normalized spacial score (nSPS) is 11.9. The van der Waals surface area contributed by atoms with Gasteiger partial charge in [0.2, 0.25) is 0 Å². The van der Waals surface area contributed by atoms with Crippen molar-refractivity contribution in [2.45, 2.75) is 19.4 Å². The van der Waals surface area contributed by atoms with Gasteiger partial charge in [0, 0.05) is 12.1 Å². The van der Waals surface area contributed by atoms with Crippen LogP contribution in [-0.4, -0.2) is 28.2 Å². The molecule has 26 heavy (non-hydrogen) atoms. The van der Waals surface area contributed by atoms with Crippen LogP contribution in [0.3, 0.4) is 0 Å². The first kappa shape index (κ1) is 17.8. The summed E-state index contributed by atoms with van der Waals surface area (Å²) in [5.74, 6) is 6.15. The largest absolute Gasteiger partial charge is 0.365 e. The molecule has 3 rings (SSSR count).